The second kappa shape index (κ2) is 5.03. The second-order valence-corrected chi connectivity index (χ2v) is 5.47. The summed E-state index contributed by atoms with van der Waals surface area (Å²) in [5.41, 5.74) is 2.44. The van der Waals surface area contributed by atoms with Gasteiger partial charge < -0.3 is 10.2 Å². The molecule has 1 fully saturated rings. The number of anilines is 1. The van der Waals surface area contributed by atoms with E-state index < -0.39 is 0 Å². The van der Waals surface area contributed by atoms with Gasteiger partial charge in [0.15, 0.2) is 0 Å². The quantitative estimate of drug-likeness (QED) is 0.843. The minimum absolute atomic E-state index is 0.0937. The van der Waals surface area contributed by atoms with E-state index in [-0.39, 0.29) is 11.3 Å². The molecule has 1 aliphatic heterocycles. The van der Waals surface area contributed by atoms with Gasteiger partial charge in [0.2, 0.25) is 5.91 Å². The minimum atomic E-state index is -0.327. The van der Waals surface area contributed by atoms with Gasteiger partial charge in [0, 0.05) is 31.4 Å². The van der Waals surface area contributed by atoms with Crippen LogP contribution in [0.3, 0.4) is 0 Å². The predicted octanol–water partition coefficient (Wildman–Crippen LogP) is 1.77. The van der Waals surface area contributed by atoms with Crippen molar-refractivity contribution < 1.29 is 9.59 Å². The number of carbonyl (C=O) groups is 2. The first-order valence-corrected chi connectivity index (χ1v) is 6.53. The average Bonchev–Trinajstić information content (AvgIpc) is 2.81. The predicted molar refractivity (Wildman–Crippen MR) is 75.6 cm³/mol. The van der Waals surface area contributed by atoms with Crippen LogP contribution in [0.15, 0.2) is 18.2 Å². The normalized spacial score (nSPS) is 22.4. The Morgan fingerprint density at radius 1 is 1.47 bits per heavy atom. The van der Waals surface area contributed by atoms with E-state index >= 15 is 0 Å². The zero-order valence-corrected chi connectivity index (χ0v) is 11.7. The van der Waals surface area contributed by atoms with Gasteiger partial charge in [0.25, 0.3) is 0 Å². The van der Waals surface area contributed by atoms with E-state index in [4.69, 9.17) is 0 Å². The molecule has 0 aliphatic carbocycles. The van der Waals surface area contributed by atoms with Gasteiger partial charge in [-0.1, -0.05) is 0 Å². The number of hydrogen-bond donors (Lipinski definition) is 1. The van der Waals surface area contributed by atoms with Crippen molar-refractivity contribution >= 4 is 17.9 Å². The first-order valence-electron chi connectivity index (χ1n) is 6.53. The minimum Gasteiger partial charge on any atom is -0.370 e. The third-order valence-corrected chi connectivity index (χ3v) is 3.99. The van der Waals surface area contributed by atoms with Crippen LogP contribution in [0.2, 0.25) is 0 Å². The number of amides is 1. The fourth-order valence-electron chi connectivity index (χ4n) is 2.66. The zero-order valence-electron chi connectivity index (χ0n) is 11.7. The first-order chi connectivity index (χ1) is 9.00. The van der Waals surface area contributed by atoms with E-state index in [9.17, 15) is 9.59 Å². The van der Waals surface area contributed by atoms with Gasteiger partial charge in [-0.15, -0.1) is 0 Å². The Morgan fingerprint density at radius 3 is 2.79 bits per heavy atom. The van der Waals surface area contributed by atoms with E-state index in [1.807, 2.05) is 32.0 Å². The molecule has 1 N–H and O–H groups in total. The summed E-state index contributed by atoms with van der Waals surface area (Å²) in [5.74, 6) is 0.0937. The molecular weight excluding hydrogens is 240 g/mol. The van der Waals surface area contributed by atoms with Gasteiger partial charge >= 0.3 is 0 Å². The lowest BCUT2D eigenvalue weighted by Gasteiger charge is -2.24. The van der Waals surface area contributed by atoms with E-state index in [2.05, 4.69) is 10.2 Å². The molecule has 2 rings (SSSR count). The van der Waals surface area contributed by atoms with Crippen molar-refractivity contribution in [2.75, 3.05) is 25.0 Å². The Labute approximate surface area is 113 Å². The molecule has 19 heavy (non-hydrogen) atoms. The maximum absolute atomic E-state index is 11.9. The van der Waals surface area contributed by atoms with Crippen LogP contribution >= 0.6 is 0 Å². The molecule has 0 saturated carbocycles. The molecule has 1 aliphatic rings. The van der Waals surface area contributed by atoms with Gasteiger partial charge in [-0.2, -0.15) is 0 Å². The SMILES string of the molecule is CNC(=O)C1(C)CCN(c2ccc(C=O)c(C)c2)C1. The fourth-order valence-corrected chi connectivity index (χ4v) is 2.66. The van der Waals surface area contributed by atoms with Crippen molar-refractivity contribution in [3.8, 4) is 0 Å². The van der Waals surface area contributed by atoms with Gasteiger partial charge in [-0.05, 0) is 44.0 Å². The first kappa shape index (κ1) is 13.6. The lowest BCUT2D eigenvalue weighted by Crippen LogP contribution is -2.39. The number of nitrogens with one attached hydrogen (secondary N) is 1. The van der Waals surface area contributed by atoms with Crippen LogP contribution < -0.4 is 10.2 Å². The Kier molecular flexibility index (Phi) is 3.60. The molecule has 4 heteroatoms. The largest absolute Gasteiger partial charge is 0.370 e. The topological polar surface area (TPSA) is 49.4 Å². The van der Waals surface area contributed by atoms with Gasteiger partial charge in [0.1, 0.15) is 6.29 Å². The van der Waals surface area contributed by atoms with Gasteiger partial charge in [-0.25, -0.2) is 0 Å². The van der Waals surface area contributed by atoms with Gasteiger partial charge in [0.05, 0.1) is 5.41 Å². The lowest BCUT2D eigenvalue weighted by atomic mass is 9.89. The maximum atomic E-state index is 11.9. The lowest BCUT2D eigenvalue weighted by molar-refractivity contribution is -0.128. The summed E-state index contributed by atoms with van der Waals surface area (Å²) >= 11 is 0. The van der Waals surface area contributed by atoms with Crippen molar-refractivity contribution in [1.29, 1.82) is 0 Å². The molecular formula is C15H20N2O2. The molecule has 1 aromatic rings. The number of benzene rings is 1. The molecule has 1 heterocycles. The summed E-state index contributed by atoms with van der Waals surface area (Å²) in [7, 11) is 1.68. The number of aldehydes is 1. The summed E-state index contributed by atoms with van der Waals surface area (Å²) in [4.78, 5) is 24.9. The Bertz CT molecular complexity index is 513. The van der Waals surface area contributed by atoms with E-state index in [1.54, 1.807) is 7.05 Å². The highest BCUT2D eigenvalue weighted by atomic mass is 16.2. The fraction of sp³-hybridized carbons (Fsp3) is 0.467. The molecule has 1 atom stereocenters. The molecule has 4 nitrogen and oxygen atoms in total. The third kappa shape index (κ3) is 2.48. The van der Waals surface area contributed by atoms with Crippen molar-refractivity contribution in [1.82, 2.24) is 5.32 Å². The van der Waals surface area contributed by atoms with Crippen LogP contribution in [0.1, 0.15) is 29.3 Å². The van der Waals surface area contributed by atoms with Crippen LogP contribution in [-0.4, -0.2) is 32.3 Å². The molecule has 102 valence electrons. The maximum Gasteiger partial charge on any atom is 0.227 e. The number of rotatable bonds is 3. The number of nitrogens with zero attached hydrogens (tertiary/aromatic N) is 1. The molecule has 1 unspecified atom stereocenters. The standard InChI is InChI=1S/C15H20N2O2/c1-11-8-13(5-4-12(11)9-18)17-7-6-15(2,10-17)14(19)16-3/h4-5,8-9H,6-7,10H2,1-3H3,(H,16,19). The van der Waals surface area contributed by atoms with E-state index in [0.29, 0.717) is 6.54 Å². The monoisotopic (exact) mass is 260 g/mol. The highest BCUT2D eigenvalue weighted by molar-refractivity contribution is 5.84. The molecule has 1 saturated heterocycles. The number of carbonyl (C=O) groups excluding carboxylic acids is 2. The summed E-state index contributed by atoms with van der Waals surface area (Å²) in [5, 5.41) is 2.74. The summed E-state index contributed by atoms with van der Waals surface area (Å²) in [6, 6.07) is 5.80. The van der Waals surface area contributed by atoms with Crippen LogP contribution in [0.4, 0.5) is 5.69 Å². The third-order valence-electron chi connectivity index (χ3n) is 3.99. The van der Waals surface area contributed by atoms with Crippen molar-refractivity contribution in [2.45, 2.75) is 20.3 Å². The van der Waals surface area contributed by atoms with Crippen LogP contribution in [0.25, 0.3) is 0 Å². The zero-order chi connectivity index (χ0) is 14.0. The number of aryl methyl sites for hydroxylation is 1. The molecule has 1 amide bonds. The molecule has 0 radical (unpaired) electrons. The molecule has 0 bridgehead atoms. The van der Waals surface area contributed by atoms with Gasteiger partial charge in [-0.3, -0.25) is 9.59 Å². The summed E-state index contributed by atoms with van der Waals surface area (Å²) in [6.07, 6.45) is 1.72. The summed E-state index contributed by atoms with van der Waals surface area (Å²) < 4.78 is 0. The highest BCUT2D eigenvalue weighted by Crippen LogP contribution is 2.33. The molecule has 0 aromatic heterocycles. The Balaban J connectivity index is 2.19. The van der Waals surface area contributed by atoms with Crippen molar-refractivity contribution in [2.24, 2.45) is 5.41 Å². The molecule has 0 spiro atoms. The summed E-state index contributed by atoms with van der Waals surface area (Å²) in [6.45, 7) is 5.51. The Hall–Kier alpha value is -1.84. The van der Waals surface area contributed by atoms with Crippen LogP contribution in [0, 0.1) is 12.3 Å². The van der Waals surface area contributed by atoms with E-state index in [1.165, 1.54) is 0 Å². The van der Waals surface area contributed by atoms with Crippen LogP contribution in [-0.2, 0) is 4.79 Å². The molecule has 1 aromatic carbocycles. The smallest absolute Gasteiger partial charge is 0.227 e. The van der Waals surface area contributed by atoms with Crippen LogP contribution in [0.5, 0.6) is 0 Å². The van der Waals surface area contributed by atoms with Crippen molar-refractivity contribution in [3.05, 3.63) is 29.3 Å². The highest BCUT2D eigenvalue weighted by Gasteiger charge is 2.39. The number of hydrogen-bond acceptors (Lipinski definition) is 3. The van der Waals surface area contributed by atoms with E-state index in [0.717, 1.165) is 36.1 Å². The average molecular weight is 260 g/mol. The van der Waals surface area contributed by atoms with Crippen molar-refractivity contribution in [3.63, 3.8) is 0 Å². The Morgan fingerprint density at radius 2 is 2.21 bits per heavy atom. The second-order valence-electron chi connectivity index (χ2n) is 5.47.